The Morgan fingerprint density at radius 1 is 1.08 bits per heavy atom. The third kappa shape index (κ3) is 4.62. The molecule has 1 atom stereocenters. The maximum atomic E-state index is 10.9. The van der Waals surface area contributed by atoms with Crippen LogP contribution in [0, 0.1) is 5.92 Å². The summed E-state index contributed by atoms with van der Waals surface area (Å²) in [6.45, 7) is 5.54. The highest BCUT2D eigenvalue weighted by Gasteiger charge is 2.31. The van der Waals surface area contributed by atoms with E-state index in [0.717, 1.165) is 70.5 Å². The first-order valence-corrected chi connectivity index (χ1v) is 13.5. The number of ether oxygens (including phenoxy) is 2. The quantitative estimate of drug-likeness (QED) is 0.307. The highest BCUT2D eigenvalue weighted by molar-refractivity contribution is 6.07. The SMILES string of the molecule is COCc1nnn(C)c1-c1cnc2c3ccc(C(C)(C)O)cc3n([C@H](c3ccccc3)C3CCOCC3)c2c1. The van der Waals surface area contributed by atoms with Gasteiger partial charge in [-0.15, -0.1) is 5.10 Å². The van der Waals surface area contributed by atoms with Gasteiger partial charge in [0.15, 0.2) is 0 Å². The highest BCUT2D eigenvalue weighted by Crippen LogP contribution is 2.42. The maximum absolute atomic E-state index is 10.9. The zero-order chi connectivity index (χ0) is 27.1. The number of hydrogen-bond acceptors (Lipinski definition) is 6. The number of hydrogen-bond donors (Lipinski definition) is 1. The Balaban J connectivity index is 1.67. The molecule has 0 bridgehead atoms. The van der Waals surface area contributed by atoms with Crippen molar-refractivity contribution in [2.75, 3.05) is 20.3 Å². The van der Waals surface area contributed by atoms with Gasteiger partial charge >= 0.3 is 0 Å². The summed E-state index contributed by atoms with van der Waals surface area (Å²) in [4.78, 5) is 5.02. The van der Waals surface area contributed by atoms with E-state index in [4.69, 9.17) is 14.5 Å². The Hall–Kier alpha value is -3.59. The third-order valence-electron chi connectivity index (χ3n) is 7.93. The molecule has 2 aromatic carbocycles. The summed E-state index contributed by atoms with van der Waals surface area (Å²) in [5.41, 5.74) is 6.81. The van der Waals surface area contributed by atoms with Crippen LogP contribution < -0.4 is 0 Å². The fraction of sp³-hybridized carbons (Fsp3) is 0.387. The molecular weight excluding hydrogens is 490 g/mol. The molecule has 5 aromatic rings. The van der Waals surface area contributed by atoms with Crippen molar-refractivity contribution in [3.05, 3.63) is 77.6 Å². The minimum atomic E-state index is -0.968. The molecule has 0 spiro atoms. The number of rotatable bonds is 7. The number of benzene rings is 2. The molecule has 202 valence electrons. The maximum Gasteiger partial charge on any atom is 0.116 e. The number of aliphatic hydroxyl groups is 1. The largest absolute Gasteiger partial charge is 0.386 e. The van der Waals surface area contributed by atoms with E-state index in [1.165, 1.54) is 5.56 Å². The van der Waals surface area contributed by atoms with Crippen LogP contribution in [0.25, 0.3) is 33.2 Å². The number of aryl methyl sites for hydroxylation is 1. The van der Waals surface area contributed by atoms with Crippen molar-refractivity contribution in [2.24, 2.45) is 13.0 Å². The fourth-order valence-corrected chi connectivity index (χ4v) is 6.02. The first-order chi connectivity index (χ1) is 18.9. The van der Waals surface area contributed by atoms with Gasteiger partial charge in [-0.2, -0.15) is 0 Å². The van der Waals surface area contributed by atoms with Gasteiger partial charge in [-0.1, -0.05) is 47.7 Å². The van der Waals surface area contributed by atoms with Crippen LogP contribution in [0.3, 0.4) is 0 Å². The summed E-state index contributed by atoms with van der Waals surface area (Å²) in [5.74, 6) is 0.386. The summed E-state index contributed by atoms with van der Waals surface area (Å²) < 4.78 is 15.4. The molecule has 39 heavy (non-hydrogen) atoms. The van der Waals surface area contributed by atoms with Crippen LogP contribution in [-0.4, -0.2) is 50.0 Å². The average Bonchev–Trinajstić information content (AvgIpc) is 3.46. The number of pyridine rings is 1. The molecule has 3 aromatic heterocycles. The van der Waals surface area contributed by atoms with Gasteiger partial charge in [0.2, 0.25) is 0 Å². The first-order valence-electron chi connectivity index (χ1n) is 13.5. The number of fused-ring (bicyclic) bond motifs is 3. The Morgan fingerprint density at radius 3 is 2.56 bits per heavy atom. The second kappa shape index (κ2) is 10.2. The van der Waals surface area contributed by atoms with E-state index in [1.807, 2.05) is 33.2 Å². The van der Waals surface area contributed by atoms with E-state index in [0.29, 0.717) is 12.5 Å². The minimum absolute atomic E-state index is 0.0762. The van der Waals surface area contributed by atoms with Crippen LogP contribution in [0.1, 0.15) is 49.6 Å². The summed E-state index contributed by atoms with van der Waals surface area (Å²) in [7, 11) is 3.56. The molecule has 1 saturated heterocycles. The topological polar surface area (TPSA) is 87.2 Å². The number of methoxy groups -OCH3 is 1. The first kappa shape index (κ1) is 25.7. The smallest absolute Gasteiger partial charge is 0.116 e. The third-order valence-corrected chi connectivity index (χ3v) is 7.93. The van der Waals surface area contributed by atoms with Gasteiger partial charge < -0.3 is 19.1 Å². The van der Waals surface area contributed by atoms with Gasteiger partial charge in [-0.3, -0.25) is 4.98 Å². The Kier molecular flexibility index (Phi) is 6.71. The number of nitrogens with zero attached hydrogens (tertiary/aromatic N) is 5. The fourth-order valence-electron chi connectivity index (χ4n) is 6.02. The molecule has 1 aliphatic rings. The van der Waals surface area contributed by atoms with E-state index in [1.54, 1.807) is 11.8 Å². The van der Waals surface area contributed by atoms with Crippen molar-refractivity contribution < 1.29 is 14.6 Å². The molecule has 0 unspecified atom stereocenters. The summed E-state index contributed by atoms with van der Waals surface area (Å²) in [5, 5.41) is 20.6. The zero-order valence-corrected chi connectivity index (χ0v) is 23.0. The van der Waals surface area contributed by atoms with Gasteiger partial charge in [-0.05, 0) is 55.9 Å². The van der Waals surface area contributed by atoms with E-state index in [9.17, 15) is 5.11 Å². The lowest BCUT2D eigenvalue weighted by Crippen LogP contribution is -2.27. The molecule has 8 nitrogen and oxygen atoms in total. The molecule has 0 amide bonds. The zero-order valence-electron chi connectivity index (χ0n) is 23.0. The molecular formula is C31H35N5O3. The van der Waals surface area contributed by atoms with Crippen molar-refractivity contribution in [1.82, 2.24) is 24.5 Å². The highest BCUT2D eigenvalue weighted by atomic mass is 16.5. The molecule has 0 radical (unpaired) electrons. The van der Waals surface area contributed by atoms with E-state index < -0.39 is 5.60 Å². The Morgan fingerprint density at radius 2 is 1.85 bits per heavy atom. The molecule has 1 N–H and O–H groups in total. The van der Waals surface area contributed by atoms with Gasteiger partial charge in [0.05, 0.1) is 40.5 Å². The van der Waals surface area contributed by atoms with E-state index >= 15 is 0 Å². The van der Waals surface area contributed by atoms with Crippen LogP contribution >= 0.6 is 0 Å². The van der Waals surface area contributed by atoms with Crippen molar-refractivity contribution >= 4 is 21.9 Å². The van der Waals surface area contributed by atoms with Crippen LogP contribution in [0.5, 0.6) is 0 Å². The number of aromatic nitrogens is 5. The summed E-state index contributed by atoms with van der Waals surface area (Å²) in [6.07, 6.45) is 3.85. The van der Waals surface area contributed by atoms with E-state index in [2.05, 4.69) is 63.4 Å². The van der Waals surface area contributed by atoms with Crippen LogP contribution in [0.4, 0.5) is 0 Å². The van der Waals surface area contributed by atoms with Crippen LogP contribution in [0.15, 0.2) is 60.8 Å². The molecule has 0 saturated carbocycles. The second-order valence-electron chi connectivity index (χ2n) is 11.0. The predicted molar refractivity (Wildman–Crippen MR) is 151 cm³/mol. The van der Waals surface area contributed by atoms with Gasteiger partial charge in [0.25, 0.3) is 0 Å². The second-order valence-corrected chi connectivity index (χ2v) is 11.0. The molecule has 8 heteroatoms. The monoisotopic (exact) mass is 525 g/mol. The molecule has 6 rings (SSSR count). The Bertz CT molecular complexity index is 1610. The van der Waals surface area contributed by atoms with Gasteiger partial charge in [0, 0.05) is 44.5 Å². The Labute approximate surface area is 228 Å². The van der Waals surface area contributed by atoms with E-state index in [-0.39, 0.29) is 6.04 Å². The lowest BCUT2D eigenvalue weighted by molar-refractivity contribution is 0.0552. The summed E-state index contributed by atoms with van der Waals surface area (Å²) >= 11 is 0. The predicted octanol–water partition coefficient (Wildman–Crippen LogP) is 5.37. The lowest BCUT2D eigenvalue weighted by Gasteiger charge is -2.33. The van der Waals surface area contributed by atoms with Crippen molar-refractivity contribution in [1.29, 1.82) is 0 Å². The standard InChI is InChI=1S/C31H35N5O3/c1-31(2,37)23-10-11-24-26(17-23)36(29(20-8-6-5-7-9-20)21-12-14-39-15-13-21)27-16-22(18-32-28(24)27)30-25(19-38-4)33-34-35(30)3/h5-11,16-18,21,29,37H,12-15,19H2,1-4H3/t29-/m1/s1. The molecule has 4 heterocycles. The normalized spacial score (nSPS) is 15.8. The van der Waals surface area contributed by atoms with Gasteiger partial charge in [-0.25, -0.2) is 4.68 Å². The van der Waals surface area contributed by atoms with Crippen LogP contribution in [-0.2, 0) is 28.7 Å². The van der Waals surface area contributed by atoms with Gasteiger partial charge in [0.1, 0.15) is 5.69 Å². The van der Waals surface area contributed by atoms with Crippen LogP contribution in [0.2, 0.25) is 0 Å². The van der Waals surface area contributed by atoms with Crippen molar-refractivity contribution in [3.8, 4) is 11.3 Å². The lowest BCUT2D eigenvalue weighted by atomic mass is 9.86. The molecule has 1 fully saturated rings. The average molecular weight is 526 g/mol. The summed E-state index contributed by atoms with van der Waals surface area (Å²) in [6, 6.07) is 19.2. The molecule has 0 aliphatic carbocycles. The van der Waals surface area contributed by atoms with Crippen molar-refractivity contribution in [2.45, 2.75) is 44.9 Å². The molecule has 1 aliphatic heterocycles. The minimum Gasteiger partial charge on any atom is -0.386 e. The van der Waals surface area contributed by atoms with Crippen molar-refractivity contribution in [3.63, 3.8) is 0 Å².